The van der Waals surface area contributed by atoms with E-state index < -0.39 is 17.6 Å². The van der Waals surface area contributed by atoms with Gasteiger partial charge in [0.05, 0.1) is 23.4 Å². The number of ether oxygens (including phenoxy) is 2. The Kier molecular flexibility index (Phi) is 6.45. The monoisotopic (exact) mass is 431 g/mol. The number of nitrogens with zero attached hydrogens (tertiary/aromatic N) is 1. The molecule has 1 heterocycles. The van der Waals surface area contributed by atoms with E-state index in [1.807, 2.05) is 6.92 Å². The van der Waals surface area contributed by atoms with E-state index in [1.54, 1.807) is 37.4 Å². The number of anilines is 2. The second-order valence-electron chi connectivity index (χ2n) is 6.72. The predicted molar refractivity (Wildman–Crippen MR) is 110 cm³/mol. The van der Waals surface area contributed by atoms with Crippen LogP contribution in [0, 0.1) is 6.92 Å². The van der Waals surface area contributed by atoms with Crippen molar-refractivity contribution >= 4 is 17.4 Å². The predicted octanol–water partition coefficient (Wildman–Crippen LogP) is 5.18. The van der Waals surface area contributed by atoms with Crippen LogP contribution < -0.4 is 15.8 Å². The molecule has 0 aliphatic carbocycles. The third-order valence-electron chi connectivity index (χ3n) is 4.40. The fraction of sp³-hybridized carbons (Fsp3) is 0.182. The maximum absolute atomic E-state index is 12.6. The highest BCUT2D eigenvalue weighted by Crippen LogP contribution is 2.31. The van der Waals surface area contributed by atoms with E-state index in [-0.39, 0.29) is 17.1 Å². The molecule has 0 fully saturated rings. The van der Waals surface area contributed by atoms with E-state index in [0.717, 1.165) is 17.7 Å². The molecule has 3 aromatic rings. The molecule has 0 unspecified atom stereocenters. The zero-order chi connectivity index (χ0) is 22.6. The molecule has 31 heavy (non-hydrogen) atoms. The minimum atomic E-state index is -4.40. The molecule has 0 aliphatic rings. The van der Waals surface area contributed by atoms with Crippen LogP contribution in [-0.2, 0) is 17.5 Å². The van der Waals surface area contributed by atoms with E-state index in [9.17, 15) is 18.0 Å². The molecule has 0 saturated carbocycles. The highest BCUT2D eigenvalue weighted by atomic mass is 19.4. The number of rotatable bonds is 6. The summed E-state index contributed by atoms with van der Waals surface area (Å²) < 4.78 is 48.5. The first-order valence-electron chi connectivity index (χ1n) is 9.19. The van der Waals surface area contributed by atoms with Gasteiger partial charge in [-0.2, -0.15) is 13.2 Å². The fourth-order valence-corrected chi connectivity index (χ4v) is 2.79. The number of methoxy groups -OCH3 is 1. The van der Waals surface area contributed by atoms with Gasteiger partial charge in [0, 0.05) is 12.8 Å². The Morgan fingerprint density at radius 2 is 1.65 bits per heavy atom. The lowest BCUT2D eigenvalue weighted by molar-refractivity contribution is -0.137. The summed E-state index contributed by atoms with van der Waals surface area (Å²) in [6.07, 6.45) is -4.40. The first-order valence-corrected chi connectivity index (χ1v) is 9.19. The minimum absolute atomic E-state index is 0.0948. The molecular formula is C22H20F3N3O3. The Morgan fingerprint density at radius 1 is 1.06 bits per heavy atom. The Hall–Kier alpha value is -3.59. The highest BCUT2D eigenvalue weighted by molar-refractivity contribution is 6.07. The van der Waals surface area contributed by atoms with Gasteiger partial charge >= 0.3 is 6.18 Å². The maximum Gasteiger partial charge on any atom is 0.416 e. The molecule has 1 amide bonds. The number of pyridine rings is 1. The average molecular weight is 431 g/mol. The summed E-state index contributed by atoms with van der Waals surface area (Å²) >= 11 is 0. The van der Waals surface area contributed by atoms with Crippen molar-refractivity contribution in [3.63, 3.8) is 0 Å². The number of aryl methyl sites for hydroxylation is 1. The van der Waals surface area contributed by atoms with Crippen LogP contribution in [0.15, 0.2) is 54.6 Å². The number of carbonyl (C=O) groups excluding carboxylic acids is 1. The van der Waals surface area contributed by atoms with Crippen molar-refractivity contribution in [3.05, 3.63) is 77.0 Å². The summed E-state index contributed by atoms with van der Waals surface area (Å²) in [5.74, 6) is 0.333. The quantitative estimate of drug-likeness (QED) is 0.562. The first kappa shape index (κ1) is 22.1. The molecule has 3 rings (SSSR count). The van der Waals surface area contributed by atoms with Crippen LogP contribution in [0.4, 0.5) is 24.7 Å². The molecule has 3 N–H and O–H groups in total. The lowest BCUT2D eigenvalue weighted by Crippen LogP contribution is -2.16. The molecule has 0 aliphatic heterocycles. The van der Waals surface area contributed by atoms with Gasteiger partial charge in [-0.3, -0.25) is 4.79 Å². The van der Waals surface area contributed by atoms with Gasteiger partial charge in [0.1, 0.15) is 17.3 Å². The fourth-order valence-electron chi connectivity index (χ4n) is 2.79. The van der Waals surface area contributed by atoms with E-state index in [2.05, 4.69) is 10.3 Å². The van der Waals surface area contributed by atoms with Crippen molar-refractivity contribution in [3.8, 4) is 11.5 Å². The molecule has 9 heteroatoms. The van der Waals surface area contributed by atoms with Gasteiger partial charge in [0.2, 0.25) is 0 Å². The van der Waals surface area contributed by atoms with Crippen molar-refractivity contribution in [1.29, 1.82) is 0 Å². The zero-order valence-electron chi connectivity index (χ0n) is 16.8. The Balaban J connectivity index is 1.67. The van der Waals surface area contributed by atoms with Crippen LogP contribution in [0.3, 0.4) is 0 Å². The van der Waals surface area contributed by atoms with Crippen LogP contribution >= 0.6 is 0 Å². The lowest BCUT2D eigenvalue weighted by atomic mass is 10.1. The molecule has 0 saturated heterocycles. The second-order valence-corrected chi connectivity index (χ2v) is 6.72. The minimum Gasteiger partial charge on any atom is -0.457 e. The number of hydrogen-bond donors (Lipinski definition) is 2. The van der Waals surface area contributed by atoms with Gasteiger partial charge in [0.15, 0.2) is 0 Å². The molecule has 2 aromatic carbocycles. The van der Waals surface area contributed by atoms with Crippen LogP contribution in [0.1, 0.15) is 27.2 Å². The van der Waals surface area contributed by atoms with E-state index >= 15 is 0 Å². The van der Waals surface area contributed by atoms with Gasteiger partial charge in [-0.15, -0.1) is 0 Å². The molecule has 162 valence electrons. The third kappa shape index (κ3) is 5.52. The largest absolute Gasteiger partial charge is 0.457 e. The van der Waals surface area contributed by atoms with Crippen molar-refractivity contribution < 1.29 is 27.4 Å². The number of aromatic nitrogens is 1. The number of amides is 1. The van der Waals surface area contributed by atoms with Gasteiger partial charge in [0.25, 0.3) is 5.91 Å². The van der Waals surface area contributed by atoms with E-state index in [4.69, 9.17) is 15.2 Å². The molecule has 0 atom stereocenters. The molecule has 0 radical (unpaired) electrons. The summed E-state index contributed by atoms with van der Waals surface area (Å²) in [6, 6.07) is 12.4. The van der Waals surface area contributed by atoms with Gasteiger partial charge in [-0.05, 0) is 67.1 Å². The number of nitrogens with two attached hydrogens (primary N) is 1. The van der Waals surface area contributed by atoms with Crippen molar-refractivity contribution in [2.24, 2.45) is 0 Å². The molecule has 1 aromatic heterocycles. The number of benzene rings is 2. The highest BCUT2D eigenvalue weighted by Gasteiger charge is 2.30. The topological polar surface area (TPSA) is 86.5 Å². The third-order valence-corrected chi connectivity index (χ3v) is 4.40. The number of halogens is 3. The summed E-state index contributed by atoms with van der Waals surface area (Å²) in [5.41, 5.74) is 7.31. The van der Waals surface area contributed by atoms with Crippen LogP contribution in [0.2, 0.25) is 0 Å². The Labute approximate surface area is 176 Å². The standard InChI is InChI=1S/C22H20F3N3O3/c1-13-11-18(20(26)28-19(13)12-30-2)21(29)27-15-5-9-17(10-6-15)31-16-7-3-14(4-8-16)22(23,24)25/h3-11H,12H2,1-2H3,(H2,26,28)(H,27,29). The van der Waals surface area contributed by atoms with Gasteiger partial charge in [-0.25, -0.2) is 4.98 Å². The van der Waals surface area contributed by atoms with E-state index in [1.165, 1.54) is 12.1 Å². The molecular weight excluding hydrogens is 411 g/mol. The smallest absolute Gasteiger partial charge is 0.416 e. The maximum atomic E-state index is 12.6. The summed E-state index contributed by atoms with van der Waals surface area (Å²) in [6.45, 7) is 2.10. The number of nitrogen functional groups attached to an aromatic ring is 1. The summed E-state index contributed by atoms with van der Waals surface area (Å²) in [4.78, 5) is 16.8. The second kappa shape index (κ2) is 9.05. The Morgan fingerprint density at radius 3 is 2.19 bits per heavy atom. The van der Waals surface area contributed by atoms with Crippen LogP contribution in [-0.4, -0.2) is 18.0 Å². The van der Waals surface area contributed by atoms with Gasteiger partial charge < -0.3 is 20.5 Å². The Bertz CT molecular complexity index is 1070. The molecule has 6 nitrogen and oxygen atoms in total. The number of carbonyl (C=O) groups is 1. The normalized spacial score (nSPS) is 11.3. The average Bonchev–Trinajstić information content (AvgIpc) is 2.72. The lowest BCUT2D eigenvalue weighted by Gasteiger charge is -2.12. The van der Waals surface area contributed by atoms with Crippen LogP contribution in [0.5, 0.6) is 11.5 Å². The zero-order valence-corrected chi connectivity index (χ0v) is 16.8. The first-order chi connectivity index (χ1) is 14.7. The van der Waals surface area contributed by atoms with Gasteiger partial charge in [-0.1, -0.05) is 0 Å². The number of alkyl halides is 3. The number of nitrogens with one attached hydrogen (secondary N) is 1. The van der Waals surface area contributed by atoms with Crippen LogP contribution in [0.25, 0.3) is 0 Å². The van der Waals surface area contributed by atoms with Crippen molar-refractivity contribution in [2.75, 3.05) is 18.2 Å². The molecule has 0 spiro atoms. The van der Waals surface area contributed by atoms with Crippen molar-refractivity contribution in [2.45, 2.75) is 19.7 Å². The SMILES string of the molecule is COCc1nc(N)c(C(=O)Nc2ccc(Oc3ccc(C(F)(F)F)cc3)cc2)cc1C. The summed E-state index contributed by atoms with van der Waals surface area (Å²) in [5, 5.41) is 2.72. The summed E-state index contributed by atoms with van der Waals surface area (Å²) in [7, 11) is 1.54. The van der Waals surface area contributed by atoms with Crippen molar-refractivity contribution in [1.82, 2.24) is 4.98 Å². The van der Waals surface area contributed by atoms with E-state index in [0.29, 0.717) is 23.7 Å². The number of hydrogen-bond acceptors (Lipinski definition) is 5. The molecule has 0 bridgehead atoms.